The maximum atomic E-state index is 13.8. The molecule has 2 rings (SSSR count). The summed E-state index contributed by atoms with van der Waals surface area (Å²) in [5.74, 6) is -0.141. The van der Waals surface area contributed by atoms with E-state index in [0.717, 1.165) is 0 Å². The van der Waals surface area contributed by atoms with E-state index in [1.807, 2.05) is 0 Å². The van der Waals surface area contributed by atoms with Gasteiger partial charge in [0.15, 0.2) is 0 Å². The Morgan fingerprint density at radius 2 is 1.92 bits per heavy atom. The third-order valence-corrected chi connectivity index (χ3v) is 5.39. The van der Waals surface area contributed by atoms with E-state index in [-0.39, 0.29) is 10.6 Å². The molecule has 0 bridgehead atoms. The summed E-state index contributed by atoms with van der Waals surface area (Å²) in [5, 5.41) is 0.0667. The lowest BCUT2D eigenvalue weighted by Crippen LogP contribution is -2.28. The summed E-state index contributed by atoms with van der Waals surface area (Å²) < 4.78 is 51.7. The maximum Gasteiger partial charge on any atom is 0.216 e. The van der Waals surface area contributed by atoms with Crippen molar-refractivity contribution in [2.45, 2.75) is 18.7 Å². The molecule has 0 radical (unpaired) electrons. The summed E-state index contributed by atoms with van der Waals surface area (Å²) in [7, 11) is -0.836. The highest BCUT2D eigenvalue weighted by Crippen LogP contribution is 2.30. The smallest absolute Gasteiger partial charge is 0.216 e. The van der Waals surface area contributed by atoms with E-state index in [4.69, 9.17) is 21.1 Å². The fraction of sp³-hybridized carbons (Fsp3) is 0.294. The molecule has 2 aromatic carbocycles. The lowest BCUT2D eigenvalue weighted by molar-refractivity contribution is 0.395. The maximum absolute atomic E-state index is 13.8. The van der Waals surface area contributed by atoms with E-state index in [1.54, 1.807) is 25.1 Å². The van der Waals surface area contributed by atoms with E-state index >= 15 is 0 Å². The molecule has 0 aliphatic carbocycles. The Balaban J connectivity index is 2.26. The number of nitrogens with one attached hydrogen (secondary N) is 1. The van der Waals surface area contributed by atoms with Crippen molar-refractivity contribution in [3.8, 4) is 11.5 Å². The van der Waals surface area contributed by atoms with Crippen molar-refractivity contribution in [3.05, 3.63) is 58.4 Å². The van der Waals surface area contributed by atoms with Gasteiger partial charge in [0.05, 0.1) is 20.0 Å². The second-order valence-electron chi connectivity index (χ2n) is 5.41. The van der Waals surface area contributed by atoms with Gasteiger partial charge in [0.2, 0.25) is 10.0 Å². The summed E-state index contributed by atoms with van der Waals surface area (Å²) >= 11 is 5.91. The Morgan fingerprint density at radius 3 is 2.52 bits per heavy atom. The van der Waals surface area contributed by atoms with E-state index in [0.29, 0.717) is 17.1 Å². The first-order valence-electron chi connectivity index (χ1n) is 7.42. The lowest BCUT2D eigenvalue weighted by atomic mass is 10.1. The summed E-state index contributed by atoms with van der Waals surface area (Å²) in [6, 6.07) is 8.51. The van der Waals surface area contributed by atoms with Crippen molar-refractivity contribution in [1.29, 1.82) is 0 Å². The summed E-state index contributed by atoms with van der Waals surface area (Å²) in [4.78, 5) is 0. The van der Waals surface area contributed by atoms with Crippen LogP contribution in [0.1, 0.15) is 24.1 Å². The molecule has 25 heavy (non-hydrogen) atoms. The fourth-order valence-corrected chi connectivity index (χ4v) is 4.14. The average Bonchev–Trinajstić information content (AvgIpc) is 2.57. The molecule has 0 aliphatic heterocycles. The van der Waals surface area contributed by atoms with Gasteiger partial charge in [0.1, 0.15) is 17.3 Å². The molecule has 0 fully saturated rings. The second kappa shape index (κ2) is 8.03. The van der Waals surface area contributed by atoms with Gasteiger partial charge in [-0.15, -0.1) is 0 Å². The summed E-state index contributed by atoms with van der Waals surface area (Å²) in [6.45, 7) is 1.66. The van der Waals surface area contributed by atoms with Crippen LogP contribution in [-0.2, 0) is 15.8 Å². The average molecular weight is 388 g/mol. The molecule has 2 aromatic rings. The minimum Gasteiger partial charge on any atom is -0.497 e. The van der Waals surface area contributed by atoms with Crippen molar-refractivity contribution in [3.63, 3.8) is 0 Å². The molecular formula is C17H19ClFNO4S. The fourth-order valence-electron chi connectivity index (χ4n) is 2.41. The standard InChI is InChI=1S/C17H19ClFNO4S/c1-11(13-9-12(23-2)7-8-17(13)24-3)20-25(21,22)10-14-15(18)5-4-6-16(14)19/h4-9,11,20H,10H2,1-3H3. The monoisotopic (exact) mass is 387 g/mol. The van der Waals surface area contributed by atoms with Crippen LogP contribution in [0.3, 0.4) is 0 Å². The van der Waals surface area contributed by atoms with Gasteiger partial charge in [-0.1, -0.05) is 17.7 Å². The van der Waals surface area contributed by atoms with Crippen molar-refractivity contribution in [2.75, 3.05) is 14.2 Å². The van der Waals surface area contributed by atoms with Crippen molar-refractivity contribution in [2.24, 2.45) is 0 Å². The largest absolute Gasteiger partial charge is 0.497 e. The molecule has 8 heteroatoms. The first-order chi connectivity index (χ1) is 11.8. The SMILES string of the molecule is COc1ccc(OC)c(C(C)NS(=O)(=O)Cc2c(F)cccc2Cl)c1. The quantitative estimate of drug-likeness (QED) is 0.787. The molecule has 0 aliphatic rings. The van der Waals surface area contributed by atoms with Gasteiger partial charge in [-0.05, 0) is 37.3 Å². The van der Waals surface area contributed by atoms with Crippen LogP contribution in [0.2, 0.25) is 5.02 Å². The van der Waals surface area contributed by atoms with Gasteiger partial charge >= 0.3 is 0 Å². The Kier molecular flexibility index (Phi) is 6.26. The minimum absolute atomic E-state index is 0.0667. The summed E-state index contributed by atoms with van der Waals surface area (Å²) in [5.41, 5.74) is 0.534. The first kappa shape index (κ1) is 19.5. The molecule has 1 N–H and O–H groups in total. The third kappa shape index (κ3) is 4.84. The van der Waals surface area contributed by atoms with Crippen LogP contribution in [0.4, 0.5) is 4.39 Å². The van der Waals surface area contributed by atoms with Crippen LogP contribution in [0.5, 0.6) is 11.5 Å². The topological polar surface area (TPSA) is 64.6 Å². The van der Waals surface area contributed by atoms with Crippen molar-refractivity contribution < 1.29 is 22.3 Å². The van der Waals surface area contributed by atoms with Crippen LogP contribution in [0.15, 0.2) is 36.4 Å². The predicted molar refractivity (Wildman–Crippen MR) is 95.1 cm³/mol. The van der Waals surface area contributed by atoms with E-state index in [1.165, 1.54) is 32.4 Å². The highest BCUT2D eigenvalue weighted by Gasteiger charge is 2.22. The Labute approximate surface area is 151 Å². The van der Waals surface area contributed by atoms with Gasteiger partial charge in [0, 0.05) is 22.2 Å². The van der Waals surface area contributed by atoms with Crippen LogP contribution >= 0.6 is 11.6 Å². The Morgan fingerprint density at radius 1 is 1.20 bits per heavy atom. The Hall–Kier alpha value is -1.83. The number of rotatable bonds is 7. The zero-order chi connectivity index (χ0) is 18.6. The van der Waals surface area contributed by atoms with Gasteiger partial charge in [-0.2, -0.15) is 0 Å². The molecule has 0 heterocycles. The van der Waals surface area contributed by atoms with E-state index in [9.17, 15) is 12.8 Å². The molecule has 1 unspecified atom stereocenters. The number of hydrogen-bond acceptors (Lipinski definition) is 4. The van der Waals surface area contributed by atoms with Crippen LogP contribution in [0, 0.1) is 5.82 Å². The van der Waals surface area contributed by atoms with Gasteiger partial charge in [-0.3, -0.25) is 0 Å². The molecule has 0 amide bonds. The van der Waals surface area contributed by atoms with E-state index in [2.05, 4.69) is 4.72 Å². The number of benzene rings is 2. The first-order valence-corrected chi connectivity index (χ1v) is 9.45. The van der Waals surface area contributed by atoms with Gasteiger partial charge in [0.25, 0.3) is 0 Å². The van der Waals surface area contributed by atoms with Crippen molar-refractivity contribution in [1.82, 2.24) is 4.72 Å². The number of hydrogen-bond donors (Lipinski definition) is 1. The zero-order valence-corrected chi connectivity index (χ0v) is 15.6. The Bertz CT molecular complexity index is 837. The highest BCUT2D eigenvalue weighted by molar-refractivity contribution is 7.88. The number of sulfonamides is 1. The molecule has 136 valence electrons. The lowest BCUT2D eigenvalue weighted by Gasteiger charge is -2.18. The van der Waals surface area contributed by atoms with Gasteiger partial charge < -0.3 is 9.47 Å². The van der Waals surface area contributed by atoms with Crippen LogP contribution in [0.25, 0.3) is 0 Å². The number of halogens is 2. The summed E-state index contributed by atoms with van der Waals surface area (Å²) in [6.07, 6.45) is 0. The van der Waals surface area contributed by atoms with Crippen molar-refractivity contribution >= 4 is 21.6 Å². The number of ether oxygens (including phenoxy) is 2. The predicted octanol–water partition coefficient (Wildman–Crippen LogP) is 3.68. The second-order valence-corrected chi connectivity index (χ2v) is 7.57. The minimum atomic E-state index is -3.84. The molecule has 5 nitrogen and oxygen atoms in total. The molecule has 0 saturated carbocycles. The normalized spacial score (nSPS) is 12.7. The highest BCUT2D eigenvalue weighted by atomic mass is 35.5. The molecular weight excluding hydrogens is 369 g/mol. The van der Waals surface area contributed by atoms with E-state index < -0.39 is 27.6 Å². The molecule has 1 atom stereocenters. The molecule has 0 spiro atoms. The number of methoxy groups -OCH3 is 2. The zero-order valence-electron chi connectivity index (χ0n) is 14.0. The van der Waals surface area contributed by atoms with Gasteiger partial charge in [-0.25, -0.2) is 17.5 Å². The molecule has 0 aromatic heterocycles. The molecule has 0 saturated heterocycles. The van der Waals surface area contributed by atoms with Crippen LogP contribution in [-0.4, -0.2) is 22.6 Å². The third-order valence-electron chi connectivity index (χ3n) is 3.66. The van der Waals surface area contributed by atoms with Crippen LogP contribution < -0.4 is 14.2 Å².